The monoisotopic (exact) mass is 548 g/mol. The van der Waals surface area contributed by atoms with Gasteiger partial charge in [-0.1, -0.05) is 0 Å². The van der Waals surface area contributed by atoms with Crippen LogP contribution in [0.4, 0.5) is 5.69 Å². The molecule has 40 heavy (non-hydrogen) atoms. The Hall–Kier alpha value is -5.24. The highest BCUT2D eigenvalue weighted by Crippen LogP contribution is 2.38. The van der Waals surface area contributed by atoms with Gasteiger partial charge in [-0.3, -0.25) is 15.2 Å². The van der Waals surface area contributed by atoms with Crippen molar-refractivity contribution in [1.29, 1.82) is 5.41 Å². The molecule has 5 rings (SSSR count). The maximum absolute atomic E-state index is 12.8. The van der Waals surface area contributed by atoms with Gasteiger partial charge in [0.05, 0.1) is 20.3 Å². The van der Waals surface area contributed by atoms with E-state index >= 15 is 0 Å². The Morgan fingerprint density at radius 1 is 1.23 bits per heavy atom. The van der Waals surface area contributed by atoms with Gasteiger partial charge in [0.1, 0.15) is 18.5 Å². The van der Waals surface area contributed by atoms with Gasteiger partial charge in [-0.25, -0.2) is 14.8 Å². The Morgan fingerprint density at radius 3 is 2.58 bits per heavy atom. The number of carboxylic acid groups (broad SMARTS) is 1. The molecule has 0 amide bonds. The lowest BCUT2D eigenvalue weighted by Crippen LogP contribution is -2.18. The Bertz CT molecular complexity index is 1530. The first-order valence-electron chi connectivity index (χ1n) is 12.0. The lowest BCUT2D eigenvalue weighted by molar-refractivity contribution is -0.134. The van der Waals surface area contributed by atoms with Crippen molar-refractivity contribution in [1.82, 2.24) is 24.7 Å². The normalized spacial score (nSPS) is 12.9. The van der Waals surface area contributed by atoms with Gasteiger partial charge < -0.3 is 30.4 Å². The van der Waals surface area contributed by atoms with Crippen LogP contribution in [0.2, 0.25) is 0 Å². The SMILES string of the molecule is CC(=O)O.COc1cc([C@H](Nc2ccc(C(=N)N)cc2)c2nn(-c3ncccn3)c(=O)[nH]2)cc2c1OCCOC2. The number of aromatic nitrogens is 5. The lowest BCUT2D eigenvalue weighted by atomic mass is 10.0. The van der Waals surface area contributed by atoms with Crippen molar-refractivity contribution in [3.05, 3.63) is 87.9 Å². The fourth-order valence-corrected chi connectivity index (χ4v) is 3.89. The molecule has 0 saturated carbocycles. The number of carbonyl (C=O) groups is 1. The van der Waals surface area contributed by atoms with Crippen molar-refractivity contribution in [2.45, 2.75) is 19.6 Å². The molecule has 14 heteroatoms. The number of aromatic amines is 1. The number of hydrogen-bond donors (Lipinski definition) is 5. The second kappa shape index (κ2) is 12.5. The summed E-state index contributed by atoms with van der Waals surface area (Å²) in [4.78, 5) is 32.9. The lowest BCUT2D eigenvalue weighted by Gasteiger charge is -2.21. The number of H-pyrrole nitrogens is 1. The third kappa shape index (κ3) is 6.60. The number of rotatable bonds is 7. The Kier molecular flexibility index (Phi) is 8.71. The molecule has 0 radical (unpaired) electrons. The van der Waals surface area contributed by atoms with Crippen LogP contribution in [0.25, 0.3) is 5.95 Å². The Labute approximate surface area is 228 Å². The second-order valence-electron chi connectivity index (χ2n) is 8.48. The Morgan fingerprint density at radius 2 is 1.93 bits per heavy atom. The fraction of sp³-hybridized carbons (Fsp3) is 0.231. The molecule has 4 aromatic rings. The number of nitrogen functional groups attached to an aromatic ring is 1. The van der Waals surface area contributed by atoms with Crippen LogP contribution in [-0.4, -0.2) is 62.0 Å². The summed E-state index contributed by atoms with van der Waals surface area (Å²) in [5.41, 5.74) is 7.99. The van der Waals surface area contributed by atoms with Gasteiger partial charge >= 0.3 is 5.69 Å². The summed E-state index contributed by atoms with van der Waals surface area (Å²) < 4.78 is 18.2. The van der Waals surface area contributed by atoms with Gasteiger partial charge in [-0.2, -0.15) is 0 Å². The summed E-state index contributed by atoms with van der Waals surface area (Å²) in [5.74, 6) is 0.788. The average molecular weight is 549 g/mol. The molecular formula is C26H28N8O6. The maximum atomic E-state index is 12.8. The third-order valence-corrected chi connectivity index (χ3v) is 5.60. The molecule has 1 aliphatic rings. The number of ether oxygens (including phenoxy) is 3. The zero-order valence-electron chi connectivity index (χ0n) is 21.7. The van der Waals surface area contributed by atoms with Crippen molar-refractivity contribution in [3.8, 4) is 17.4 Å². The summed E-state index contributed by atoms with van der Waals surface area (Å²) in [6, 6.07) is 11.9. The first-order chi connectivity index (χ1) is 19.3. The molecule has 0 saturated heterocycles. The summed E-state index contributed by atoms with van der Waals surface area (Å²) in [7, 11) is 1.57. The molecule has 2 aromatic heterocycles. The summed E-state index contributed by atoms with van der Waals surface area (Å²) >= 11 is 0. The number of nitrogens with one attached hydrogen (secondary N) is 3. The van der Waals surface area contributed by atoms with E-state index in [1.54, 1.807) is 37.4 Å². The molecular weight excluding hydrogens is 520 g/mol. The molecule has 1 aliphatic heterocycles. The summed E-state index contributed by atoms with van der Waals surface area (Å²) in [6.07, 6.45) is 3.07. The van der Waals surface area contributed by atoms with Gasteiger partial charge in [0.15, 0.2) is 17.3 Å². The number of fused-ring (bicyclic) bond motifs is 1. The van der Waals surface area contributed by atoms with E-state index in [0.717, 1.165) is 28.4 Å². The number of anilines is 1. The zero-order valence-corrected chi connectivity index (χ0v) is 21.7. The predicted octanol–water partition coefficient (Wildman–Crippen LogP) is 1.84. The number of methoxy groups -OCH3 is 1. The van der Waals surface area contributed by atoms with Crippen LogP contribution in [0, 0.1) is 5.41 Å². The van der Waals surface area contributed by atoms with Gasteiger partial charge in [0, 0.05) is 36.1 Å². The minimum Gasteiger partial charge on any atom is -0.493 e. The number of carboxylic acids is 1. The summed E-state index contributed by atoms with van der Waals surface area (Å²) in [6.45, 7) is 2.32. The first-order valence-corrected chi connectivity index (χ1v) is 12.0. The average Bonchev–Trinajstić information content (AvgIpc) is 3.16. The van der Waals surface area contributed by atoms with Gasteiger partial charge in [0.2, 0.25) is 0 Å². The van der Waals surface area contributed by atoms with Gasteiger partial charge in [-0.15, -0.1) is 9.78 Å². The van der Waals surface area contributed by atoms with Gasteiger partial charge in [-0.05, 0) is 48.0 Å². The largest absolute Gasteiger partial charge is 0.493 e. The van der Waals surface area contributed by atoms with Crippen LogP contribution < -0.4 is 26.2 Å². The van der Waals surface area contributed by atoms with Crippen LogP contribution in [0.5, 0.6) is 11.5 Å². The minimum atomic E-state index is -0.833. The van der Waals surface area contributed by atoms with Crippen molar-refractivity contribution in [3.63, 3.8) is 0 Å². The highest BCUT2D eigenvalue weighted by molar-refractivity contribution is 5.95. The molecule has 0 spiro atoms. The maximum Gasteiger partial charge on any atom is 0.350 e. The molecule has 208 valence electrons. The van der Waals surface area contributed by atoms with Crippen molar-refractivity contribution in [2.24, 2.45) is 5.73 Å². The molecule has 0 aliphatic carbocycles. The summed E-state index contributed by atoms with van der Waals surface area (Å²) in [5, 5.41) is 22.9. The minimum absolute atomic E-state index is 0.0282. The molecule has 0 unspecified atom stereocenters. The zero-order chi connectivity index (χ0) is 28.6. The van der Waals surface area contributed by atoms with E-state index in [9.17, 15) is 4.79 Å². The van der Waals surface area contributed by atoms with Crippen molar-refractivity contribution < 1.29 is 24.1 Å². The first kappa shape index (κ1) is 27.8. The Balaban J connectivity index is 0.000000867. The number of nitrogens with two attached hydrogens (primary N) is 1. The smallest absolute Gasteiger partial charge is 0.350 e. The van der Waals surface area contributed by atoms with E-state index in [1.165, 1.54) is 12.4 Å². The van der Waals surface area contributed by atoms with E-state index in [-0.39, 0.29) is 11.8 Å². The molecule has 1 atom stereocenters. The van der Waals surface area contributed by atoms with Crippen molar-refractivity contribution in [2.75, 3.05) is 25.6 Å². The highest BCUT2D eigenvalue weighted by atomic mass is 16.5. The predicted molar refractivity (Wildman–Crippen MR) is 144 cm³/mol. The highest BCUT2D eigenvalue weighted by Gasteiger charge is 2.25. The van der Waals surface area contributed by atoms with Gasteiger partial charge in [0.25, 0.3) is 11.9 Å². The third-order valence-electron chi connectivity index (χ3n) is 5.60. The number of benzene rings is 2. The van der Waals surface area contributed by atoms with Crippen LogP contribution in [0.1, 0.15) is 35.5 Å². The number of hydrogen-bond acceptors (Lipinski definition) is 10. The standard InChI is InChI=1S/C24H24N8O4.C2H4O2/c1-34-18-12-15(11-16-13-35-9-10-36-20(16)18)19(29-17-5-3-14(4-6-17)21(25)26)22-30-24(33)32(31-22)23-27-7-2-8-28-23;1-2(3)4/h2-8,11-12,19,29H,9-10,13H2,1H3,(H3,25,26)(H,30,31,33);1H3,(H,3,4)/t19-;/m0./s1. The topological polar surface area (TPSA) is 203 Å². The second-order valence-corrected chi connectivity index (χ2v) is 8.48. The number of nitrogens with zero attached hydrogens (tertiary/aromatic N) is 4. The molecule has 0 fully saturated rings. The van der Waals surface area contributed by atoms with Crippen molar-refractivity contribution >= 4 is 17.5 Å². The molecule has 14 nitrogen and oxygen atoms in total. The van der Waals surface area contributed by atoms with E-state index in [1.807, 2.05) is 12.1 Å². The molecule has 0 bridgehead atoms. The fourth-order valence-electron chi connectivity index (χ4n) is 3.89. The van der Waals surface area contributed by atoms with Crippen LogP contribution >= 0.6 is 0 Å². The number of aliphatic carboxylic acids is 1. The molecule has 3 heterocycles. The van der Waals surface area contributed by atoms with E-state index in [0.29, 0.717) is 42.7 Å². The van der Waals surface area contributed by atoms with Crippen LogP contribution in [0.3, 0.4) is 0 Å². The molecule has 6 N–H and O–H groups in total. The van der Waals surface area contributed by atoms with E-state index in [4.69, 9.17) is 35.3 Å². The van der Waals surface area contributed by atoms with Crippen LogP contribution in [-0.2, 0) is 16.1 Å². The van der Waals surface area contributed by atoms with Crippen LogP contribution in [0.15, 0.2) is 59.7 Å². The van der Waals surface area contributed by atoms with E-state index in [2.05, 4.69) is 25.4 Å². The molecule has 2 aromatic carbocycles. The quantitative estimate of drug-likeness (QED) is 0.166. The van der Waals surface area contributed by atoms with E-state index < -0.39 is 17.7 Å². The number of amidine groups is 1.